The van der Waals surface area contributed by atoms with Crippen molar-refractivity contribution in [3.05, 3.63) is 5.82 Å². The van der Waals surface area contributed by atoms with Gasteiger partial charge in [0.25, 0.3) is 0 Å². The number of carbonyl (C=O) groups is 1. The average Bonchev–Trinajstić information content (AvgIpc) is 3.07. The van der Waals surface area contributed by atoms with Crippen LogP contribution in [0.4, 0.5) is 0 Å². The maximum absolute atomic E-state index is 10.5. The number of aliphatic hydroxyl groups excluding tert-OH is 1. The molecule has 0 aliphatic heterocycles. The molecule has 0 unspecified atom stereocenters. The van der Waals surface area contributed by atoms with Gasteiger partial charge >= 0.3 is 5.97 Å². The van der Waals surface area contributed by atoms with Gasteiger partial charge in [-0.15, -0.1) is 10.2 Å². The molecule has 7 heteroatoms. The fraction of sp³-hybridized carbons (Fsp3) is 0.727. The smallest absolute Gasteiger partial charge is 0.313 e. The summed E-state index contributed by atoms with van der Waals surface area (Å²) in [5.41, 5.74) is 0. The molecule has 0 radical (unpaired) electrons. The third-order valence-corrected chi connectivity index (χ3v) is 3.90. The fourth-order valence-electron chi connectivity index (χ4n) is 1.84. The van der Waals surface area contributed by atoms with Crippen LogP contribution in [0.5, 0.6) is 0 Å². The Morgan fingerprint density at radius 2 is 2.22 bits per heavy atom. The normalized spacial score (nSPS) is 14.9. The molecule has 1 aliphatic carbocycles. The number of aromatic nitrogens is 3. The van der Waals surface area contributed by atoms with Gasteiger partial charge in [-0.25, -0.2) is 0 Å². The molecule has 1 saturated carbocycles. The Balaban J connectivity index is 1.93. The van der Waals surface area contributed by atoms with E-state index in [1.165, 1.54) is 19.3 Å². The van der Waals surface area contributed by atoms with Crippen LogP contribution in [0.25, 0.3) is 0 Å². The van der Waals surface area contributed by atoms with E-state index >= 15 is 0 Å². The molecule has 1 aromatic rings. The molecule has 1 aromatic heterocycles. The van der Waals surface area contributed by atoms with Crippen molar-refractivity contribution in [2.24, 2.45) is 5.92 Å². The number of carboxylic acids is 1. The number of thioether (sulfide) groups is 1. The van der Waals surface area contributed by atoms with Gasteiger partial charge in [-0.1, -0.05) is 24.6 Å². The summed E-state index contributed by atoms with van der Waals surface area (Å²) in [4.78, 5) is 10.5. The first-order valence-electron chi connectivity index (χ1n) is 6.08. The SMILES string of the molecule is O=C(O)CSc1nnc(CO)n1CCCC1CC1. The molecular formula is C11H17N3O3S. The second-order valence-corrected chi connectivity index (χ2v) is 5.42. The van der Waals surface area contributed by atoms with Gasteiger partial charge in [-0.2, -0.15) is 0 Å². The van der Waals surface area contributed by atoms with Crippen molar-refractivity contribution in [2.45, 2.75) is 44.0 Å². The highest BCUT2D eigenvalue weighted by Crippen LogP contribution is 2.33. The minimum atomic E-state index is -0.877. The van der Waals surface area contributed by atoms with Crippen LogP contribution in [0.1, 0.15) is 31.5 Å². The van der Waals surface area contributed by atoms with E-state index in [1.807, 2.05) is 4.57 Å². The fourth-order valence-corrected chi connectivity index (χ4v) is 2.54. The van der Waals surface area contributed by atoms with E-state index in [1.54, 1.807) is 0 Å². The first-order valence-corrected chi connectivity index (χ1v) is 7.06. The van der Waals surface area contributed by atoms with Crippen molar-refractivity contribution >= 4 is 17.7 Å². The van der Waals surface area contributed by atoms with Crippen LogP contribution in [-0.2, 0) is 17.9 Å². The summed E-state index contributed by atoms with van der Waals surface area (Å²) < 4.78 is 1.83. The zero-order valence-corrected chi connectivity index (χ0v) is 10.9. The van der Waals surface area contributed by atoms with Gasteiger partial charge in [0.05, 0.1) is 5.75 Å². The predicted octanol–water partition coefficient (Wildman–Crippen LogP) is 1.14. The molecule has 1 aliphatic rings. The van der Waals surface area contributed by atoms with Gasteiger partial charge in [-0.3, -0.25) is 4.79 Å². The Bertz CT molecular complexity index is 418. The van der Waals surface area contributed by atoms with Gasteiger partial charge in [0.1, 0.15) is 6.61 Å². The Kier molecular flexibility index (Phi) is 4.60. The average molecular weight is 271 g/mol. The van der Waals surface area contributed by atoms with E-state index in [2.05, 4.69) is 10.2 Å². The summed E-state index contributed by atoms with van der Waals surface area (Å²) in [5.74, 6) is 0.470. The van der Waals surface area contributed by atoms with E-state index in [9.17, 15) is 9.90 Å². The van der Waals surface area contributed by atoms with Crippen molar-refractivity contribution in [3.8, 4) is 0 Å². The first kappa shape index (κ1) is 13.4. The lowest BCUT2D eigenvalue weighted by atomic mass is 10.2. The zero-order valence-electron chi connectivity index (χ0n) is 10.1. The van der Waals surface area contributed by atoms with E-state index in [-0.39, 0.29) is 12.4 Å². The number of aliphatic hydroxyl groups is 1. The van der Waals surface area contributed by atoms with Gasteiger partial charge in [0.2, 0.25) is 0 Å². The van der Waals surface area contributed by atoms with Crippen LogP contribution >= 0.6 is 11.8 Å². The van der Waals surface area contributed by atoms with Gasteiger partial charge in [-0.05, 0) is 18.8 Å². The first-order chi connectivity index (χ1) is 8.70. The third kappa shape index (κ3) is 3.71. The van der Waals surface area contributed by atoms with Gasteiger partial charge in [0.15, 0.2) is 11.0 Å². The minimum absolute atomic E-state index is 0.0355. The highest BCUT2D eigenvalue weighted by molar-refractivity contribution is 7.99. The third-order valence-electron chi connectivity index (χ3n) is 2.95. The molecule has 0 amide bonds. The zero-order chi connectivity index (χ0) is 13.0. The molecule has 6 nitrogen and oxygen atoms in total. The van der Waals surface area contributed by atoms with Crippen molar-refractivity contribution < 1.29 is 15.0 Å². The van der Waals surface area contributed by atoms with Gasteiger partial charge < -0.3 is 14.8 Å². The highest BCUT2D eigenvalue weighted by Gasteiger charge is 2.21. The molecule has 1 heterocycles. The van der Waals surface area contributed by atoms with E-state index in [0.29, 0.717) is 11.0 Å². The molecule has 0 saturated heterocycles. The van der Waals surface area contributed by atoms with Crippen molar-refractivity contribution in [2.75, 3.05) is 5.75 Å². The summed E-state index contributed by atoms with van der Waals surface area (Å²) in [6, 6.07) is 0. The molecule has 0 aromatic carbocycles. The highest BCUT2D eigenvalue weighted by atomic mass is 32.2. The second-order valence-electron chi connectivity index (χ2n) is 4.48. The number of hydrogen-bond donors (Lipinski definition) is 2. The Hall–Kier alpha value is -1.08. The summed E-state index contributed by atoms with van der Waals surface area (Å²) in [7, 11) is 0. The van der Waals surface area contributed by atoms with E-state index in [0.717, 1.165) is 30.6 Å². The lowest BCUT2D eigenvalue weighted by Crippen LogP contribution is -2.07. The maximum atomic E-state index is 10.5. The molecule has 2 rings (SSSR count). The standard InChI is InChI=1S/C11H17N3O3S/c15-6-9-12-13-11(18-7-10(16)17)14(9)5-1-2-8-3-4-8/h8,15H,1-7H2,(H,16,17). The van der Waals surface area contributed by atoms with Crippen LogP contribution in [0.15, 0.2) is 5.16 Å². The van der Waals surface area contributed by atoms with Crippen LogP contribution in [-0.4, -0.2) is 36.7 Å². The molecule has 0 bridgehead atoms. The van der Waals surface area contributed by atoms with Crippen LogP contribution in [0.3, 0.4) is 0 Å². The monoisotopic (exact) mass is 271 g/mol. The number of aliphatic carboxylic acids is 1. The Morgan fingerprint density at radius 3 is 2.83 bits per heavy atom. The number of carboxylic acid groups (broad SMARTS) is 1. The summed E-state index contributed by atoms with van der Waals surface area (Å²) in [6.45, 7) is 0.589. The predicted molar refractivity (Wildman–Crippen MR) is 66.3 cm³/mol. The minimum Gasteiger partial charge on any atom is -0.481 e. The lowest BCUT2D eigenvalue weighted by Gasteiger charge is -2.07. The second kappa shape index (κ2) is 6.19. The van der Waals surface area contributed by atoms with E-state index < -0.39 is 5.97 Å². The summed E-state index contributed by atoms with van der Waals surface area (Å²) >= 11 is 1.14. The lowest BCUT2D eigenvalue weighted by molar-refractivity contribution is -0.133. The summed E-state index contributed by atoms with van der Waals surface area (Å²) in [5, 5.41) is 26.2. The molecule has 1 fully saturated rings. The van der Waals surface area contributed by atoms with E-state index in [4.69, 9.17) is 5.11 Å². The molecule has 100 valence electrons. The Morgan fingerprint density at radius 1 is 1.44 bits per heavy atom. The van der Waals surface area contributed by atoms with Gasteiger partial charge in [0, 0.05) is 6.54 Å². The molecule has 0 spiro atoms. The molecule has 0 atom stereocenters. The quantitative estimate of drug-likeness (QED) is 0.689. The molecule has 18 heavy (non-hydrogen) atoms. The number of rotatable bonds is 8. The summed E-state index contributed by atoms with van der Waals surface area (Å²) in [6.07, 6.45) is 4.87. The molecular weight excluding hydrogens is 254 g/mol. The van der Waals surface area contributed by atoms with Crippen LogP contribution < -0.4 is 0 Å². The van der Waals surface area contributed by atoms with Crippen LogP contribution in [0, 0.1) is 5.92 Å². The van der Waals surface area contributed by atoms with Crippen molar-refractivity contribution in [1.82, 2.24) is 14.8 Å². The molecule has 2 N–H and O–H groups in total. The number of nitrogens with zero attached hydrogens (tertiary/aromatic N) is 3. The maximum Gasteiger partial charge on any atom is 0.313 e. The topological polar surface area (TPSA) is 88.2 Å². The van der Waals surface area contributed by atoms with Crippen LogP contribution in [0.2, 0.25) is 0 Å². The van der Waals surface area contributed by atoms with Crippen molar-refractivity contribution in [3.63, 3.8) is 0 Å². The number of hydrogen-bond acceptors (Lipinski definition) is 5. The largest absolute Gasteiger partial charge is 0.481 e. The van der Waals surface area contributed by atoms with Crippen molar-refractivity contribution in [1.29, 1.82) is 0 Å². The Labute approximate surface area is 109 Å².